The Balaban J connectivity index is 2.69. The summed E-state index contributed by atoms with van der Waals surface area (Å²) in [5, 5.41) is 10.3. The van der Waals surface area contributed by atoms with Gasteiger partial charge < -0.3 is 4.42 Å². The number of nitrogens with zero attached hydrogens (tertiary/aromatic N) is 1. The van der Waals surface area contributed by atoms with Gasteiger partial charge in [0.25, 0.3) is 0 Å². The molecule has 70 valence electrons. The second-order valence-electron chi connectivity index (χ2n) is 3.13. The number of fused-ring (bicyclic) bond motifs is 1. The van der Waals surface area contributed by atoms with Crippen LogP contribution in [-0.2, 0) is 6.42 Å². The molecule has 0 radical (unpaired) electrons. The van der Waals surface area contributed by atoms with Gasteiger partial charge in [-0.2, -0.15) is 5.26 Å². The third-order valence-electron chi connectivity index (χ3n) is 2.24. The Bertz CT molecular complexity index is 522. The first-order valence-electron chi connectivity index (χ1n) is 4.27. The van der Waals surface area contributed by atoms with E-state index < -0.39 is 0 Å². The number of halogens is 1. The molecule has 0 atom stereocenters. The van der Waals surface area contributed by atoms with Crippen LogP contribution in [0.15, 0.2) is 22.6 Å². The Labute approximate surface area is 86.7 Å². The fourth-order valence-electron chi connectivity index (χ4n) is 1.48. The van der Waals surface area contributed by atoms with E-state index in [0.717, 1.165) is 22.3 Å². The van der Waals surface area contributed by atoms with Crippen LogP contribution in [0.25, 0.3) is 11.0 Å². The Morgan fingerprint density at radius 3 is 3.00 bits per heavy atom. The molecular weight excluding hydrogens is 198 g/mol. The summed E-state index contributed by atoms with van der Waals surface area (Å²) in [6, 6.07) is 7.54. The van der Waals surface area contributed by atoms with Crippen LogP contribution < -0.4 is 0 Å². The summed E-state index contributed by atoms with van der Waals surface area (Å²) < 4.78 is 5.51. The number of nitriles is 1. The molecule has 0 unspecified atom stereocenters. The van der Waals surface area contributed by atoms with Crippen molar-refractivity contribution in [2.24, 2.45) is 0 Å². The Morgan fingerprint density at radius 2 is 2.29 bits per heavy atom. The average Bonchev–Trinajstić information content (AvgIpc) is 2.46. The van der Waals surface area contributed by atoms with Crippen molar-refractivity contribution in [2.75, 3.05) is 0 Å². The van der Waals surface area contributed by atoms with E-state index in [1.54, 1.807) is 6.07 Å². The molecule has 0 bridgehead atoms. The predicted octanol–water partition coefficient (Wildman–Crippen LogP) is 3.46. The zero-order valence-electron chi connectivity index (χ0n) is 7.67. The maximum absolute atomic E-state index is 8.59. The quantitative estimate of drug-likeness (QED) is 0.715. The standard InChI is InChI=1S/C11H8ClNO/c1-7-9-6-8(12)2-3-11(9)14-10(7)4-5-13/h2-3,6H,4H2,1H3. The number of hydrogen-bond donors (Lipinski definition) is 0. The largest absolute Gasteiger partial charge is 0.460 e. The fourth-order valence-corrected chi connectivity index (χ4v) is 1.66. The van der Waals surface area contributed by atoms with Crippen LogP contribution in [0.1, 0.15) is 11.3 Å². The van der Waals surface area contributed by atoms with E-state index >= 15 is 0 Å². The van der Waals surface area contributed by atoms with Gasteiger partial charge in [0.1, 0.15) is 11.3 Å². The van der Waals surface area contributed by atoms with Crippen molar-refractivity contribution < 1.29 is 4.42 Å². The molecule has 14 heavy (non-hydrogen) atoms. The smallest absolute Gasteiger partial charge is 0.134 e. The monoisotopic (exact) mass is 205 g/mol. The van der Waals surface area contributed by atoms with Gasteiger partial charge in [-0.3, -0.25) is 0 Å². The minimum Gasteiger partial charge on any atom is -0.460 e. The van der Waals surface area contributed by atoms with E-state index in [9.17, 15) is 0 Å². The summed E-state index contributed by atoms with van der Waals surface area (Å²) in [6.45, 7) is 1.94. The van der Waals surface area contributed by atoms with E-state index in [0.29, 0.717) is 11.4 Å². The molecule has 0 saturated carbocycles. The van der Waals surface area contributed by atoms with E-state index in [2.05, 4.69) is 6.07 Å². The van der Waals surface area contributed by atoms with Crippen LogP contribution in [0.3, 0.4) is 0 Å². The predicted molar refractivity (Wildman–Crippen MR) is 55.3 cm³/mol. The highest BCUT2D eigenvalue weighted by molar-refractivity contribution is 6.31. The molecule has 2 rings (SSSR count). The lowest BCUT2D eigenvalue weighted by atomic mass is 10.1. The zero-order valence-corrected chi connectivity index (χ0v) is 8.43. The summed E-state index contributed by atoms with van der Waals surface area (Å²) in [4.78, 5) is 0. The number of furan rings is 1. The minimum absolute atomic E-state index is 0.304. The molecule has 1 aromatic carbocycles. The molecule has 0 saturated heterocycles. The molecule has 0 N–H and O–H groups in total. The van der Waals surface area contributed by atoms with Gasteiger partial charge in [-0.25, -0.2) is 0 Å². The Hall–Kier alpha value is -1.46. The third kappa shape index (κ3) is 1.36. The minimum atomic E-state index is 0.304. The van der Waals surface area contributed by atoms with Crippen molar-refractivity contribution in [2.45, 2.75) is 13.3 Å². The van der Waals surface area contributed by atoms with Gasteiger partial charge >= 0.3 is 0 Å². The molecule has 0 aliphatic rings. The SMILES string of the molecule is Cc1c(CC#N)oc2ccc(Cl)cc12. The van der Waals surface area contributed by atoms with Crippen molar-refractivity contribution in [3.05, 3.63) is 34.5 Å². The summed E-state index contributed by atoms with van der Waals surface area (Å²) in [5.74, 6) is 0.727. The van der Waals surface area contributed by atoms with Crippen LogP contribution >= 0.6 is 11.6 Å². The molecule has 0 aliphatic carbocycles. The van der Waals surface area contributed by atoms with Gasteiger partial charge in [0.15, 0.2) is 0 Å². The van der Waals surface area contributed by atoms with Gasteiger partial charge in [-0.05, 0) is 30.7 Å². The number of hydrogen-bond acceptors (Lipinski definition) is 2. The van der Waals surface area contributed by atoms with E-state index in [1.165, 1.54) is 0 Å². The maximum Gasteiger partial charge on any atom is 0.134 e. The van der Waals surface area contributed by atoms with Crippen molar-refractivity contribution in [1.82, 2.24) is 0 Å². The molecule has 0 spiro atoms. The van der Waals surface area contributed by atoms with Gasteiger partial charge in [-0.1, -0.05) is 11.6 Å². The Morgan fingerprint density at radius 1 is 1.50 bits per heavy atom. The molecule has 2 aromatic rings. The molecule has 0 fully saturated rings. The second kappa shape index (κ2) is 3.36. The highest BCUT2D eigenvalue weighted by Crippen LogP contribution is 2.27. The summed E-state index contributed by atoms with van der Waals surface area (Å²) in [6.07, 6.45) is 0.304. The first-order valence-corrected chi connectivity index (χ1v) is 4.64. The highest BCUT2D eigenvalue weighted by atomic mass is 35.5. The van der Waals surface area contributed by atoms with Crippen molar-refractivity contribution in [3.63, 3.8) is 0 Å². The molecule has 2 nitrogen and oxygen atoms in total. The lowest BCUT2D eigenvalue weighted by molar-refractivity contribution is 0.563. The van der Waals surface area contributed by atoms with Crippen LogP contribution in [-0.4, -0.2) is 0 Å². The zero-order chi connectivity index (χ0) is 10.1. The molecule has 3 heteroatoms. The molecule has 1 heterocycles. The number of benzene rings is 1. The van der Waals surface area contributed by atoms with Crippen LogP contribution in [0.4, 0.5) is 0 Å². The van der Waals surface area contributed by atoms with E-state index in [-0.39, 0.29) is 0 Å². The van der Waals surface area contributed by atoms with Gasteiger partial charge in [-0.15, -0.1) is 0 Å². The van der Waals surface area contributed by atoms with Gasteiger partial charge in [0.05, 0.1) is 12.5 Å². The second-order valence-corrected chi connectivity index (χ2v) is 3.56. The molecule has 0 amide bonds. The van der Waals surface area contributed by atoms with Crippen molar-refractivity contribution in [1.29, 1.82) is 5.26 Å². The third-order valence-corrected chi connectivity index (χ3v) is 2.47. The number of aryl methyl sites for hydroxylation is 1. The van der Waals surface area contributed by atoms with Crippen molar-refractivity contribution >= 4 is 22.6 Å². The lowest BCUT2D eigenvalue weighted by Gasteiger charge is -1.90. The number of rotatable bonds is 1. The van der Waals surface area contributed by atoms with Gasteiger partial charge in [0.2, 0.25) is 0 Å². The van der Waals surface area contributed by atoms with Gasteiger partial charge in [0, 0.05) is 10.4 Å². The van der Waals surface area contributed by atoms with Crippen LogP contribution in [0.5, 0.6) is 0 Å². The van der Waals surface area contributed by atoms with Crippen LogP contribution in [0.2, 0.25) is 5.02 Å². The van der Waals surface area contributed by atoms with Crippen LogP contribution in [0, 0.1) is 18.3 Å². The highest BCUT2D eigenvalue weighted by Gasteiger charge is 2.09. The first kappa shape index (κ1) is 9.11. The lowest BCUT2D eigenvalue weighted by Crippen LogP contribution is -1.79. The molecule has 0 aliphatic heterocycles. The Kier molecular flexibility index (Phi) is 2.18. The topological polar surface area (TPSA) is 36.9 Å². The molecular formula is C11H8ClNO. The average molecular weight is 206 g/mol. The fraction of sp³-hybridized carbons (Fsp3) is 0.182. The first-order chi connectivity index (χ1) is 6.72. The summed E-state index contributed by atoms with van der Waals surface area (Å²) in [5.41, 5.74) is 1.79. The summed E-state index contributed by atoms with van der Waals surface area (Å²) in [7, 11) is 0. The van der Waals surface area contributed by atoms with E-state index in [1.807, 2.05) is 19.1 Å². The normalized spacial score (nSPS) is 10.4. The maximum atomic E-state index is 8.59. The van der Waals surface area contributed by atoms with E-state index in [4.69, 9.17) is 21.3 Å². The van der Waals surface area contributed by atoms with Crippen molar-refractivity contribution in [3.8, 4) is 6.07 Å². The summed E-state index contributed by atoms with van der Waals surface area (Å²) >= 11 is 5.87. The molecule has 1 aromatic heterocycles.